The maximum atomic E-state index is 14.4. The van der Waals surface area contributed by atoms with Crippen molar-refractivity contribution >= 4 is 21.8 Å². The highest BCUT2D eigenvalue weighted by Crippen LogP contribution is 2.19. The van der Waals surface area contributed by atoms with Crippen molar-refractivity contribution in [3.63, 3.8) is 0 Å². The highest BCUT2D eigenvalue weighted by atomic mass is 32.2. The number of benzene rings is 2. The van der Waals surface area contributed by atoms with Crippen LogP contribution in [0, 0.1) is 5.82 Å². The van der Waals surface area contributed by atoms with Gasteiger partial charge in [-0.15, -0.1) is 0 Å². The molecule has 2 aromatic rings. The van der Waals surface area contributed by atoms with Gasteiger partial charge in [0.2, 0.25) is 15.9 Å². The molecule has 0 saturated carbocycles. The number of carbonyl (C=O) groups excluding carboxylic acids is 2. The van der Waals surface area contributed by atoms with Gasteiger partial charge >= 0.3 is 0 Å². The summed E-state index contributed by atoms with van der Waals surface area (Å²) in [7, 11) is -3.85. The minimum Gasteiger partial charge on any atom is -0.339 e. The summed E-state index contributed by atoms with van der Waals surface area (Å²) in [5, 5.41) is 0. The number of nitrogens with one attached hydrogen (secondary N) is 1. The summed E-state index contributed by atoms with van der Waals surface area (Å²) in [4.78, 5) is 28.4. The Morgan fingerprint density at radius 1 is 1.00 bits per heavy atom. The maximum Gasteiger partial charge on any atom is 0.256 e. The zero-order chi connectivity index (χ0) is 24.0. The summed E-state index contributed by atoms with van der Waals surface area (Å²) in [6, 6.07) is 12.8. The fourth-order valence-corrected chi connectivity index (χ4v) is 5.07. The molecule has 0 atom stereocenters. The first-order chi connectivity index (χ1) is 15.7. The van der Waals surface area contributed by atoms with Crippen LogP contribution in [-0.4, -0.2) is 62.3 Å². The Balaban J connectivity index is 1.56. The molecule has 0 unspecified atom stereocenters. The van der Waals surface area contributed by atoms with Gasteiger partial charge in [0.05, 0.1) is 10.5 Å². The Hall–Kier alpha value is -2.78. The molecule has 1 aliphatic heterocycles. The summed E-state index contributed by atoms with van der Waals surface area (Å²) in [6.45, 7) is 4.62. The van der Waals surface area contributed by atoms with Crippen molar-refractivity contribution in [2.24, 2.45) is 0 Å². The van der Waals surface area contributed by atoms with Gasteiger partial charge in [-0.2, -0.15) is 0 Å². The van der Waals surface area contributed by atoms with Gasteiger partial charge in [0.1, 0.15) is 5.82 Å². The van der Waals surface area contributed by atoms with Crippen LogP contribution >= 0.6 is 0 Å². The number of hydrogen-bond donors (Lipinski definition) is 1. The fraction of sp³-hybridized carbons (Fsp3) is 0.417. The lowest BCUT2D eigenvalue weighted by Gasteiger charge is -2.35. The second-order valence-electron chi connectivity index (χ2n) is 8.43. The smallest absolute Gasteiger partial charge is 0.256 e. The van der Waals surface area contributed by atoms with E-state index in [0.29, 0.717) is 19.5 Å². The molecule has 178 valence electrons. The highest BCUT2D eigenvalue weighted by Gasteiger charge is 2.27. The van der Waals surface area contributed by atoms with Gasteiger partial charge in [0.25, 0.3) is 5.91 Å². The molecule has 2 amide bonds. The second kappa shape index (κ2) is 10.9. The second-order valence-corrected chi connectivity index (χ2v) is 10.1. The van der Waals surface area contributed by atoms with E-state index in [1.165, 1.54) is 10.5 Å². The van der Waals surface area contributed by atoms with Crippen LogP contribution in [0.15, 0.2) is 53.4 Å². The van der Waals surface area contributed by atoms with E-state index in [1.54, 1.807) is 18.7 Å². The summed E-state index contributed by atoms with van der Waals surface area (Å²) >= 11 is 0. The van der Waals surface area contributed by atoms with E-state index in [-0.39, 0.29) is 35.5 Å². The molecule has 33 heavy (non-hydrogen) atoms. The van der Waals surface area contributed by atoms with Crippen molar-refractivity contribution in [1.82, 2.24) is 14.5 Å². The van der Waals surface area contributed by atoms with Crippen LogP contribution in [0.5, 0.6) is 0 Å². The van der Waals surface area contributed by atoms with Gasteiger partial charge in [0, 0.05) is 38.6 Å². The van der Waals surface area contributed by atoms with E-state index >= 15 is 0 Å². The molecule has 1 heterocycles. The molecule has 1 N–H and O–H groups in total. The molecule has 2 aromatic carbocycles. The van der Waals surface area contributed by atoms with E-state index in [1.807, 2.05) is 30.3 Å². The minimum absolute atomic E-state index is 0.0389. The van der Waals surface area contributed by atoms with Gasteiger partial charge in [0.15, 0.2) is 0 Å². The number of nitrogens with zero attached hydrogens (tertiary/aromatic N) is 2. The number of sulfonamides is 1. The van der Waals surface area contributed by atoms with Crippen molar-refractivity contribution in [3.05, 3.63) is 65.5 Å². The van der Waals surface area contributed by atoms with Crippen LogP contribution in [0.4, 0.5) is 4.39 Å². The van der Waals surface area contributed by atoms with E-state index in [0.717, 1.165) is 31.0 Å². The molecule has 0 bridgehead atoms. The zero-order valence-electron chi connectivity index (χ0n) is 19.0. The van der Waals surface area contributed by atoms with Gasteiger partial charge in [-0.25, -0.2) is 17.5 Å². The average molecular weight is 476 g/mol. The van der Waals surface area contributed by atoms with Gasteiger partial charge in [-0.05, 0) is 50.5 Å². The largest absolute Gasteiger partial charge is 0.339 e. The molecule has 0 spiro atoms. The SMILES string of the molecule is CC(C)NS(=O)(=O)c1ccc(F)c(C(=O)N2CCN(C(=O)CCCc3ccccc3)CC2)c1. The standard InChI is InChI=1S/C24H30FN3O4S/c1-18(2)26-33(31,32)20-11-12-22(25)21(17-20)24(30)28-15-13-27(14-16-28)23(29)10-6-9-19-7-4-3-5-8-19/h3-5,7-8,11-12,17-18,26H,6,9-10,13-16H2,1-2H3. The Kier molecular flexibility index (Phi) is 8.20. The molecule has 1 aliphatic rings. The molecule has 1 fully saturated rings. The Bertz CT molecular complexity index is 1080. The first-order valence-corrected chi connectivity index (χ1v) is 12.6. The number of hydrogen-bond acceptors (Lipinski definition) is 4. The molecule has 1 saturated heterocycles. The summed E-state index contributed by atoms with van der Waals surface area (Å²) in [6.07, 6.45) is 2.01. The lowest BCUT2D eigenvalue weighted by Crippen LogP contribution is -2.50. The van der Waals surface area contributed by atoms with Crippen molar-refractivity contribution < 1.29 is 22.4 Å². The molecule has 9 heteroatoms. The monoisotopic (exact) mass is 475 g/mol. The van der Waals surface area contributed by atoms with Crippen molar-refractivity contribution in [1.29, 1.82) is 0 Å². The molecule has 0 aliphatic carbocycles. The molecule has 0 radical (unpaired) electrons. The summed E-state index contributed by atoms with van der Waals surface area (Å²) < 4.78 is 41.6. The van der Waals surface area contributed by atoms with Gasteiger partial charge in [-0.3, -0.25) is 9.59 Å². The van der Waals surface area contributed by atoms with Crippen LogP contribution in [0.1, 0.15) is 42.6 Å². The molecular weight excluding hydrogens is 445 g/mol. The van der Waals surface area contributed by atoms with Crippen LogP contribution in [-0.2, 0) is 21.2 Å². The number of halogens is 1. The van der Waals surface area contributed by atoms with Crippen LogP contribution in [0.3, 0.4) is 0 Å². The predicted molar refractivity (Wildman–Crippen MR) is 124 cm³/mol. The normalized spacial score (nSPS) is 14.5. The van der Waals surface area contributed by atoms with E-state index in [4.69, 9.17) is 0 Å². The Morgan fingerprint density at radius 3 is 2.27 bits per heavy atom. The lowest BCUT2D eigenvalue weighted by atomic mass is 10.1. The number of piperazine rings is 1. The topological polar surface area (TPSA) is 86.8 Å². The Morgan fingerprint density at radius 2 is 1.64 bits per heavy atom. The third-order valence-corrected chi connectivity index (χ3v) is 7.14. The maximum absolute atomic E-state index is 14.4. The van der Waals surface area contributed by atoms with Crippen molar-refractivity contribution in [2.75, 3.05) is 26.2 Å². The number of aryl methyl sites for hydroxylation is 1. The van der Waals surface area contributed by atoms with Gasteiger partial charge < -0.3 is 9.80 Å². The van der Waals surface area contributed by atoms with E-state index in [2.05, 4.69) is 4.72 Å². The Labute approximate surface area is 194 Å². The fourth-order valence-electron chi connectivity index (χ4n) is 3.79. The zero-order valence-corrected chi connectivity index (χ0v) is 19.8. The summed E-state index contributed by atoms with van der Waals surface area (Å²) in [5.41, 5.74) is 0.903. The van der Waals surface area contributed by atoms with Crippen LogP contribution < -0.4 is 4.72 Å². The van der Waals surface area contributed by atoms with Crippen molar-refractivity contribution in [3.8, 4) is 0 Å². The number of rotatable bonds is 8. The van der Waals surface area contributed by atoms with Crippen LogP contribution in [0.25, 0.3) is 0 Å². The number of amides is 2. The first kappa shape index (κ1) is 24.9. The first-order valence-electron chi connectivity index (χ1n) is 11.1. The van der Waals surface area contributed by atoms with Gasteiger partial charge in [-0.1, -0.05) is 30.3 Å². The van der Waals surface area contributed by atoms with Crippen LogP contribution in [0.2, 0.25) is 0 Å². The lowest BCUT2D eigenvalue weighted by molar-refractivity contribution is -0.132. The van der Waals surface area contributed by atoms with Crippen molar-refractivity contribution in [2.45, 2.75) is 44.0 Å². The van der Waals surface area contributed by atoms with E-state index in [9.17, 15) is 22.4 Å². The molecule has 0 aromatic heterocycles. The quantitative estimate of drug-likeness (QED) is 0.636. The predicted octanol–water partition coefficient (Wildman–Crippen LogP) is 2.82. The average Bonchev–Trinajstić information content (AvgIpc) is 2.78. The highest BCUT2D eigenvalue weighted by molar-refractivity contribution is 7.89. The summed E-state index contributed by atoms with van der Waals surface area (Å²) in [5.74, 6) is -1.31. The molecule has 7 nitrogen and oxygen atoms in total. The third-order valence-electron chi connectivity index (χ3n) is 5.49. The molecular formula is C24H30FN3O4S. The number of carbonyl (C=O) groups is 2. The molecule has 3 rings (SSSR count). The third kappa shape index (κ3) is 6.61. The minimum atomic E-state index is -3.85. The van der Waals surface area contributed by atoms with E-state index < -0.39 is 21.7 Å².